The molecule has 0 aliphatic heterocycles. The summed E-state index contributed by atoms with van der Waals surface area (Å²) in [6.45, 7) is 0. The van der Waals surface area contributed by atoms with E-state index < -0.39 is 11.3 Å². The predicted molar refractivity (Wildman–Crippen MR) is 19.9 cm³/mol. The van der Waals surface area contributed by atoms with Crippen LogP contribution in [0.4, 0.5) is 4.79 Å². The Labute approximate surface area is 40.1 Å². The highest BCUT2D eigenvalue weighted by atomic mass is 16.8. The van der Waals surface area contributed by atoms with E-state index in [0.29, 0.717) is 0 Å². The Morgan fingerprint density at radius 1 is 1.71 bits per heavy atom. The lowest BCUT2D eigenvalue weighted by atomic mass is 11.0. The Kier molecular flexibility index (Phi) is 2.10. The highest BCUT2D eigenvalue weighted by Crippen LogP contribution is 1.69. The van der Waals surface area contributed by atoms with Gasteiger partial charge in [-0.3, -0.25) is 10.4 Å². The topological polar surface area (TPSA) is 72.8 Å². The molecule has 7 heavy (non-hydrogen) atoms. The van der Waals surface area contributed by atoms with E-state index in [-0.39, 0.29) is 0 Å². The van der Waals surface area contributed by atoms with E-state index in [4.69, 9.17) is 10.4 Å². The summed E-state index contributed by atoms with van der Waals surface area (Å²) in [6.07, 6.45) is 0. The number of nitrogens with zero attached hydrogens (tertiary/aromatic N) is 1. The van der Waals surface area contributed by atoms with Gasteiger partial charge in [-0.05, 0) is 0 Å². The summed E-state index contributed by atoms with van der Waals surface area (Å²) in [5.74, 6) is 0. The molecule has 0 aromatic heterocycles. The molecule has 42 valence electrons. The number of hydroxylamine groups is 2. The highest BCUT2D eigenvalue weighted by molar-refractivity contribution is 5.70. The molecular formula is C2H6N2O3. The van der Waals surface area contributed by atoms with Gasteiger partial charge in [-0.2, -0.15) is 0 Å². The molecule has 0 radical (unpaired) electrons. The van der Waals surface area contributed by atoms with Crippen molar-refractivity contribution in [1.82, 2.24) is 10.5 Å². The number of urea groups is 1. The zero-order valence-electron chi connectivity index (χ0n) is 3.75. The van der Waals surface area contributed by atoms with Crippen LogP contribution in [0.15, 0.2) is 0 Å². The van der Waals surface area contributed by atoms with Crippen molar-refractivity contribution in [3.8, 4) is 0 Å². The number of amides is 2. The van der Waals surface area contributed by atoms with Gasteiger partial charge in [0.2, 0.25) is 0 Å². The van der Waals surface area contributed by atoms with E-state index in [0.717, 1.165) is 0 Å². The summed E-state index contributed by atoms with van der Waals surface area (Å²) in [5, 5.41) is 17.0. The van der Waals surface area contributed by atoms with Crippen LogP contribution >= 0.6 is 0 Å². The van der Waals surface area contributed by atoms with E-state index in [1.54, 1.807) is 0 Å². The second kappa shape index (κ2) is 2.38. The Hall–Kier alpha value is -0.810. The molecule has 0 bridgehead atoms. The van der Waals surface area contributed by atoms with Crippen molar-refractivity contribution in [2.45, 2.75) is 0 Å². The number of carbonyl (C=O) groups is 1. The van der Waals surface area contributed by atoms with E-state index in [1.165, 1.54) is 7.05 Å². The molecule has 0 unspecified atom stereocenters. The van der Waals surface area contributed by atoms with Crippen molar-refractivity contribution in [3.05, 3.63) is 0 Å². The van der Waals surface area contributed by atoms with Crippen LogP contribution < -0.4 is 5.32 Å². The van der Waals surface area contributed by atoms with Crippen LogP contribution in [0.2, 0.25) is 0 Å². The van der Waals surface area contributed by atoms with Gasteiger partial charge in [0.15, 0.2) is 0 Å². The van der Waals surface area contributed by atoms with Crippen LogP contribution in [-0.2, 0) is 0 Å². The summed E-state index contributed by atoms with van der Waals surface area (Å²) in [4.78, 5) is 9.83. The minimum absolute atomic E-state index is 0.528. The van der Waals surface area contributed by atoms with Gasteiger partial charge in [0, 0.05) is 7.05 Å². The molecule has 5 heteroatoms. The number of carbonyl (C=O) groups excluding carboxylic acids is 1. The third-order valence-electron chi connectivity index (χ3n) is 0.396. The molecule has 0 spiro atoms. The molecule has 0 aromatic rings. The maximum atomic E-state index is 9.83. The van der Waals surface area contributed by atoms with Crippen molar-refractivity contribution >= 4 is 6.03 Å². The Morgan fingerprint density at radius 2 is 2.14 bits per heavy atom. The van der Waals surface area contributed by atoms with Crippen LogP contribution in [0.5, 0.6) is 0 Å². The lowest BCUT2D eigenvalue weighted by Gasteiger charge is -2.01. The molecule has 0 fully saturated rings. The minimum Gasteiger partial charge on any atom is -0.337 e. The lowest BCUT2D eigenvalue weighted by Crippen LogP contribution is -2.32. The second-order valence-corrected chi connectivity index (χ2v) is 0.845. The molecule has 0 aromatic carbocycles. The van der Waals surface area contributed by atoms with E-state index in [2.05, 4.69) is 0 Å². The number of rotatable bonds is 0. The Balaban J connectivity index is 3.35. The molecule has 0 saturated carbocycles. The quantitative estimate of drug-likeness (QED) is 0.285. The van der Waals surface area contributed by atoms with E-state index in [1.807, 2.05) is 5.32 Å². The first-order chi connectivity index (χ1) is 3.18. The van der Waals surface area contributed by atoms with Crippen LogP contribution in [0.1, 0.15) is 0 Å². The fourth-order valence-electron chi connectivity index (χ4n) is 0.100. The molecule has 2 amide bonds. The Morgan fingerprint density at radius 3 is 2.14 bits per heavy atom. The molecule has 0 heterocycles. The summed E-state index contributed by atoms with van der Waals surface area (Å²) >= 11 is 0. The van der Waals surface area contributed by atoms with Gasteiger partial charge in [0.05, 0.1) is 0 Å². The number of nitrogens with one attached hydrogen (secondary N) is 1. The average Bonchev–Trinajstić information content (AvgIpc) is 1.65. The standard InChI is InChI=1S/C2H6N2O3/c1-3-2(5)4(6)7/h6-7H,1H3,(H,3,5). The zero-order chi connectivity index (χ0) is 5.86. The SMILES string of the molecule is CNC(=O)N(O)O. The summed E-state index contributed by atoms with van der Waals surface area (Å²) < 4.78 is 0. The third-order valence-corrected chi connectivity index (χ3v) is 0.396. The molecule has 0 saturated heterocycles. The first-order valence-electron chi connectivity index (χ1n) is 1.58. The van der Waals surface area contributed by atoms with Gasteiger partial charge in [-0.1, -0.05) is 5.23 Å². The molecule has 0 rings (SSSR count). The van der Waals surface area contributed by atoms with Gasteiger partial charge < -0.3 is 5.32 Å². The monoisotopic (exact) mass is 106 g/mol. The molecule has 0 atom stereocenters. The number of hydrogen-bond acceptors (Lipinski definition) is 3. The second-order valence-electron chi connectivity index (χ2n) is 0.845. The maximum Gasteiger partial charge on any atom is 0.366 e. The van der Waals surface area contributed by atoms with Crippen LogP contribution in [0.3, 0.4) is 0 Å². The highest BCUT2D eigenvalue weighted by Gasteiger charge is 1.99. The van der Waals surface area contributed by atoms with Gasteiger partial charge in [-0.25, -0.2) is 4.79 Å². The summed E-state index contributed by atoms with van der Waals surface area (Å²) in [6, 6.07) is -0.958. The van der Waals surface area contributed by atoms with Crippen LogP contribution in [0, 0.1) is 0 Å². The third kappa shape index (κ3) is 1.96. The van der Waals surface area contributed by atoms with Gasteiger partial charge >= 0.3 is 6.03 Å². The van der Waals surface area contributed by atoms with Crippen molar-refractivity contribution in [2.75, 3.05) is 7.05 Å². The van der Waals surface area contributed by atoms with Crippen molar-refractivity contribution in [1.29, 1.82) is 0 Å². The maximum absolute atomic E-state index is 9.83. The van der Waals surface area contributed by atoms with Crippen molar-refractivity contribution in [3.63, 3.8) is 0 Å². The van der Waals surface area contributed by atoms with Gasteiger partial charge in [0.1, 0.15) is 0 Å². The molecule has 5 nitrogen and oxygen atoms in total. The lowest BCUT2D eigenvalue weighted by molar-refractivity contribution is -0.258. The average molecular weight is 106 g/mol. The minimum atomic E-state index is -0.958. The molecular weight excluding hydrogens is 100 g/mol. The van der Waals surface area contributed by atoms with E-state index >= 15 is 0 Å². The van der Waals surface area contributed by atoms with Gasteiger partial charge in [-0.15, -0.1) is 0 Å². The fourth-order valence-corrected chi connectivity index (χ4v) is 0.100. The van der Waals surface area contributed by atoms with Crippen molar-refractivity contribution < 1.29 is 15.2 Å². The number of hydrogen-bond donors (Lipinski definition) is 3. The van der Waals surface area contributed by atoms with Crippen LogP contribution in [0.25, 0.3) is 0 Å². The van der Waals surface area contributed by atoms with Crippen molar-refractivity contribution in [2.24, 2.45) is 0 Å². The van der Waals surface area contributed by atoms with Crippen LogP contribution in [-0.4, -0.2) is 28.7 Å². The fraction of sp³-hybridized carbons (Fsp3) is 0.500. The summed E-state index contributed by atoms with van der Waals surface area (Å²) in [7, 11) is 1.28. The van der Waals surface area contributed by atoms with E-state index in [9.17, 15) is 4.79 Å². The zero-order valence-corrected chi connectivity index (χ0v) is 3.75. The van der Waals surface area contributed by atoms with Gasteiger partial charge in [0.25, 0.3) is 0 Å². The predicted octanol–water partition coefficient (Wildman–Crippen LogP) is -0.594. The largest absolute Gasteiger partial charge is 0.366 e. The molecule has 3 N–H and O–H groups in total. The Bertz CT molecular complexity index is 71.3. The molecule has 0 aliphatic rings. The smallest absolute Gasteiger partial charge is 0.337 e. The molecule has 0 aliphatic carbocycles. The first-order valence-corrected chi connectivity index (χ1v) is 1.58. The first kappa shape index (κ1) is 6.19. The normalized spacial score (nSPS) is 7.86. The summed E-state index contributed by atoms with van der Waals surface area (Å²) in [5.41, 5.74) is 0.